The zero-order valence-corrected chi connectivity index (χ0v) is 14.0. The van der Waals surface area contributed by atoms with Gasteiger partial charge in [0.05, 0.1) is 13.1 Å². The van der Waals surface area contributed by atoms with Crippen molar-refractivity contribution in [2.45, 2.75) is 25.4 Å². The monoisotopic (exact) mass is 338 g/mol. The molecule has 0 saturated carbocycles. The van der Waals surface area contributed by atoms with E-state index in [1.165, 1.54) is 19.1 Å². The molecule has 1 saturated heterocycles. The zero-order valence-electron chi connectivity index (χ0n) is 14.0. The van der Waals surface area contributed by atoms with Gasteiger partial charge in [0.2, 0.25) is 11.8 Å². The van der Waals surface area contributed by atoms with Crippen LogP contribution in [0.2, 0.25) is 0 Å². The summed E-state index contributed by atoms with van der Waals surface area (Å²) < 4.78 is 24.3. The number of hydrogen-bond acceptors (Lipinski definition) is 4. The van der Waals surface area contributed by atoms with Gasteiger partial charge in [-0.25, -0.2) is 4.39 Å². The summed E-state index contributed by atoms with van der Waals surface area (Å²) in [6, 6.07) is 5.78. The molecule has 2 amide bonds. The first-order valence-electron chi connectivity index (χ1n) is 7.90. The highest BCUT2D eigenvalue weighted by Gasteiger charge is 2.38. The van der Waals surface area contributed by atoms with Crippen LogP contribution < -0.4 is 10.1 Å². The number of methoxy groups -OCH3 is 1. The van der Waals surface area contributed by atoms with E-state index in [0.717, 1.165) is 12.8 Å². The maximum absolute atomic E-state index is 12.9. The van der Waals surface area contributed by atoms with Gasteiger partial charge in [0.25, 0.3) is 0 Å². The molecule has 24 heavy (non-hydrogen) atoms. The molecule has 1 heterocycles. The predicted molar refractivity (Wildman–Crippen MR) is 86.1 cm³/mol. The molecular weight excluding hydrogens is 315 g/mol. The van der Waals surface area contributed by atoms with Crippen LogP contribution in [0.4, 0.5) is 4.39 Å². The lowest BCUT2D eigenvalue weighted by molar-refractivity contribution is -0.143. The second-order valence-electron chi connectivity index (χ2n) is 5.96. The molecule has 0 bridgehead atoms. The number of halogens is 1. The average molecular weight is 338 g/mol. The summed E-state index contributed by atoms with van der Waals surface area (Å²) in [5.41, 5.74) is -0.613. The molecular formula is C17H23FN2O4. The van der Waals surface area contributed by atoms with Crippen LogP contribution in [0.15, 0.2) is 24.3 Å². The highest BCUT2D eigenvalue weighted by atomic mass is 19.1. The third-order valence-corrected chi connectivity index (χ3v) is 4.13. The maximum atomic E-state index is 12.9. The summed E-state index contributed by atoms with van der Waals surface area (Å²) in [5, 5.41) is 2.51. The molecule has 1 aliphatic heterocycles. The Labute approximate surface area is 140 Å². The fourth-order valence-electron chi connectivity index (χ4n) is 2.71. The van der Waals surface area contributed by atoms with Gasteiger partial charge in [0.15, 0.2) is 0 Å². The Morgan fingerprint density at radius 1 is 1.33 bits per heavy atom. The van der Waals surface area contributed by atoms with E-state index in [9.17, 15) is 14.0 Å². The van der Waals surface area contributed by atoms with E-state index in [1.54, 1.807) is 24.1 Å². The van der Waals surface area contributed by atoms with Crippen LogP contribution in [-0.2, 0) is 14.3 Å². The van der Waals surface area contributed by atoms with Gasteiger partial charge >= 0.3 is 0 Å². The van der Waals surface area contributed by atoms with E-state index < -0.39 is 5.60 Å². The number of rotatable bonds is 6. The Bertz CT molecular complexity index is 578. The Kier molecular flexibility index (Phi) is 6.14. The fourth-order valence-corrected chi connectivity index (χ4v) is 2.71. The second-order valence-corrected chi connectivity index (χ2v) is 5.96. The van der Waals surface area contributed by atoms with Crippen molar-refractivity contribution >= 4 is 11.8 Å². The number of nitrogens with one attached hydrogen (secondary N) is 1. The minimum absolute atomic E-state index is 0.0199. The van der Waals surface area contributed by atoms with E-state index in [2.05, 4.69) is 5.32 Å². The van der Waals surface area contributed by atoms with Crippen molar-refractivity contribution in [3.8, 4) is 5.75 Å². The standard InChI is InChI=1S/C17H23FN2O4/c1-13(21)19-10-16(22)20-9-3-8-17(11-20,23-2)12-24-15-6-4-14(18)5-7-15/h4-7H,3,8-12H2,1-2H3,(H,19,21)/t17-/m0/s1. The molecule has 6 nitrogen and oxygen atoms in total. The summed E-state index contributed by atoms with van der Waals surface area (Å²) in [6.07, 6.45) is 1.54. The molecule has 1 fully saturated rings. The molecule has 2 rings (SSSR count). The van der Waals surface area contributed by atoms with E-state index in [0.29, 0.717) is 18.8 Å². The van der Waals surface area contributed by atoms with Gasteiger partial charge in [-0.2, -0.15) is 0 Å². The Hall–Kier alpha value is -2.15. The lowest BCUT2D eigenvalue weighted by atomic mass is 9.93. The summed E-state index contributed by atoms with van der Waals surface area (Å²) in [7, 11) is 1.59. The van der Waals surface area contributed by atoms with Crippen LogP contribution in [0.3, 0.4) is 0 Å². The number of ether oxygens (including phenoxy) is 2. The molecule has 0 unspecified atom stereocenters. The van der Waals surface area contributed by atoms with Crippen molar-refractivity contribution in [3.63, 3.8) is 0 Å². The molecule has 1 aliphatic rings. The van der Waals surface area contributed by atoms with Gasteiger partial charge in [0, 0.05) is 20.6 Å². The maximum Gasteiger partial charge on any atom is 0.242 e. The number of piperidine rings is 1. The molecule has 0 aliphatic carbocycles. The predicted octanol–water partition coefficient (Wildman–Crippen LogP) is 1.35. The van der Waals surface area contributed by atoms with Crippen molar-refractivity contribution in [3.05, 3.63) is 30.1 Å². The molecule has 1 atom stereocenters. The largest absolute Gasteiger partial charge is 0.491 e. The van der Waals surface area contributed by atoms with Crippen LogP contribution in [0.25, 0.3) is 0 Å². The Balaban J connectivity index is 1.95. The number of carbonyl (C=O) groups excluding carboxylic acids is 2. The van der Waals surface area contributed by atoms with Crippen LogP contribution in [0, 0.1) is 5.82 Å². The summed E-state index contributed by atoms with van der Waals surface area (Å²) in [5.74, 6) is -0.156. The summed E-state index contributed by atoms with van der Waals surface area (Å²) in [4.78, 5) is 24.8. The van der Waals surface area contributed by atoms with Gasteiger partial charge < -0.3 is 19.7 Å². The van der Waals surface area contributed by atoms with E-state index in [4.69, 9.17) is 9.47 Å². The van der Waals surface area contributed by atoms with Crippen molar-refractivity contribution in [2.75, 3.05) is 33.4 Å². The van der Waals surface area contributed by atoms with Crippen LogP contribution in [-0.4, -0.2) is 55.7 Å². The van der Waals surface area contributed by atoms with Crippen molar-refractivity contribution in [2.24, 2.45) is 0 Å². The lowest BCUT2D eigenvalue weighted by Gasteiger charge is -2.41. The minimum atomic E-state index is -0.613. The number of amides is 2. The zero-order chi connectivity index (χ0) is 17.6. The lowest BCUT2D eigenvalue weighted by Crippen LogP contribution is -2.55. The van der Waals surface area contributed by atoms with Crippen LogP contribution in [0.1, 0.15) is 19.8 Å². The molecule has 7 heteroatoms. The number of hydrogen-bond donors (Lipinski definition) is 1. The molecule has 0 spiro atoms. The topological polar surface area (TPSA) is 67.9 Å². The van der Waals surface area contributed by atoms with Gasteiger partial charge in [-0.05, 0) is 37.1 Å². The fraction of sp³-hybridized carbons (Fsp3) is 0.529. The Morgan fingerprint density at radius 2 is 2.04 bits per heavy atom. The van der Waals surface area contributed by atoms with Gasteiger partial charge in [-0.15, -0.1) is 0 Å². The first-order valence-corrected chi connectivity index (χ1v) is 7.90. The van der Waals surface area contributed by atoms with E-state index in [1.807, 2.05) is 0 Å². The second kappa shape index (κ2) is 8.10. The third-order valence-electron chi connectivity index (χ3n) is 4.13. The number of likely N-dealkylation sites (tertiary alicyclic amines) is 1. The average Bonchev–Trinajstić information content (AvgIpc) is 2.59. The van der Waals surface area contributed by atoms with Gasteiger partial charge in [-0.1, -0.05) is 0 Å². The first-order chi connectivity index (χ1) is 11.4. The molecule has 1 aromatic rings. The summed E-state index contributed by atoms with van der Waals surface area (Å²) >= 11 is 0. The normalized spacial score (nSPS) is 20.5. The van der Waals surface area contributed by atoms with Crippen molar-refractivity contribution in [1.82, 2.24) is 10.2 Å². The smallest absolute Gasteiger partial charge is 0.242 e. The Morgan fingerprint density at radius 3 is 2.67 bits per heavy atom. The highest BCUT2D eigenvalue weighted by Crippen LogP contribution is 2.26. The summed E-state index contributed by atoms with van der Waals surface area (Å²) in [6.45, 7) is 2.63. The molecule has 0 radical (unpaired) electrons. The van der Waals surface area contributed by atoms with E-state index in [-0.39, 0.29) is 30.8 Å². The number of benzene rings is 1. The van der Waals surface area contributed by atoms with Crippen LogP contribution >= 0.6 is 0 Å². The minimum Gasteiger partial charge on any atom is -0.491 e. The van der Waals surface area contributed by atoms with Crippen molar-refractivity contribution < 1.29 is 23.5 Å². The molecule has 1 aromatic carbocycles. The van der Waals surface area contributed by atoms with Crippen LogP contribution in [0.5, 0.6) is 5.75 Å². The SMILES string of the molecule is CO[C@@]1(COc2ccc(F)cc2)CCCN(C(=O)CNC(C)=O)C1. The molecule has 0 aromatic heterocycles. The van der Waals surface area contributed by atoms with E-state index >= 15 is 0 Å². The quantitative estimate of drug-likeness (QED) is 0.850. The third kappa shape index (κ3) is 4.92. The number of nitrogens with zero attached hydrogens (tertiary/aromatic N) is 1. The molecule has 132 valence electrons. The highest BCUT2D eigenvalue weighted by molar-refractivity contribution is 5.83. The molecule has 1 N–H and O–H groups in total. The first kappa shape index (κ1) is 18.2. The van der Waals surface area contributed by atoms with Crippen molar-refractivity contribution in [1.29, 1.82) is 0 Å². The van der Waals surface area contributed by atoms with Gasteiger partial charge in [-0.3, -0.25) is 9.59 Å². The number of carbonyl (C=O) groups is 2. The van der Waals surface area contributed by atoms with Gasteiger partial charge in [0.1, 0.15) is 23.8 Å².